The van der Waals surface area contributed by atoms with E-state index in [1.54, 1.807) is 0 Å². The van der Waals surface area contributed by atoms with Crippen LogP contribution in [0.5, 0.6) is 0 Å². The number of rotatable bonds is 2. The second kappa shape index (κ2) is 7.39. The van der Waals surface area contributed by atoms with Gasteiger partial charge in [-0.3, -0.25) is 0 Å². The number of carbonyl (C=O) groups excluding carboxylic acids is 1. The molecule has 2 amide bonds. The number of ether oxygens (including phenoxy) is 1. The summed E-state index contributed by atoms with van der Waals surface area (Å²) in [5.74, 6) is 0. The highest BCUT2D eigenvalue weighted by atomic mass is 16.5. The Bertz CT molecular complexity index is 402. The maximum absolute atomic E-state index is 12.7. The molecule has 3 rings (SSSR count). The number of piperidine rings is 1. The minimum absolute atomic E-state index is 0.0581. The van der Waals surface area contributed by atoms with Crippen molar-refractivity contribution in [2.75, 3.05) is 33.8 Å². The summed E-state index contributed by atoms with van der Waals surface area (Å²) in [7, 11) is 4.22. The van der Waals surface area contributed by atoms with Crippen LogP contribution >= 0.6 is 0 Å². The van der Waals surface area contributed by atoms with E-state index in [0.717, 1.165) is 39.0 Å². The minimum Gasteiger partial charge on any atom is -0.375 e. The van der Waals surface area contributed by atoms with Gasteiger partial charge in [0, 0.05) is 31.8 Å². The summed E-state index contributed by atoms with van der Waals surface area (Å²) in [6.45, 7) is 2.54. The molecule has 2 heterocycles. The van der Waals surface area contributed by atoms with Crippen LogP contribution < -0.4 is 5.32 Å². The lowest BCUT2D eigenvalue weighted by atomic mass is 9.78. The Kier molecular flexibility index (Phi) is 5.47. The molecule has 3 aliphatic rings. The summed E-state index contributed by atoms with van der Waals surface area (Å²) >= 11 is 0. The van der Waals surface area contributed by atoms with E-state index in [-0.39, 0.29) is 17.7 Å². The molecule has 0 aromatic heterocycles. The van der Waals surface area contributed by atoms with Gasteiger partial charge in [0.2, 0.25) is 0 Å². The number of urea groups is 1. The average molecular weight is 323 g/mol. The van der Waals surface area contributed by atoms with Gasteiger partial charge in [-0.25, -0.2) is 4.79 Å². The first kappa shape index (κ1) is 17.0. The van der Waals surface area contributed by atoms with E-state index in [1.807, 2.05) is 4.90 Å². The van der Waals surface area contributed by atoms with Crippen LogP contribution in [0.15, 0.2) is 0 Å². The van der Waals surface area contributed by atoms with Gasteiger partial charge >= 0.3 is 6.03 Å². The Morgan fingerprint density at radius 3 is 2.70 bits per heavy atom. The van der Waals surface area contributed by atoms with Crippen molar-refractivity contribution in [3.63, 3.8) is 0 Å². The smallest absolute Gasteiger partial charge is 0.317 e. The fraction of sp³-hybridized carbons (Fsp3) is 0.944. The first-order valence-electron chi connectivity index (χ1n) is 9.44. The first-order valence-corrected chi connectivity index (χ1v) is 9.44. The summed E-state index contributed by atoms with van der Waals surface area (Å²) in [5.41, 5.74) is 0.0581. The van der Waals surface area contributed by atoms with Gasteiger partial charge in [-0.15, -0.1) is 0 Å². The van der Waals surface area contributed by atoms with Gasteiger partial charge in [0.05, 0.1) is 5.60 Å². The molecule has 2 unspecified atom stereocenters. The molecule has 0 aromatic rings. The second-order valence-electron chi connectivity index (χ2n) is 7.94. The molecule has 1 N–H and O–H groups in total. The van der Waals surface area contributed by atoms with Gasteiger partial charge < -0.3 is 19.9 Å². The van der Waals surface area contributed by atoms with Crippen molar-refractivity contribution in [2.24, 2.45) is 0 Å². The van der Waals surface area contributed by atoms with Gasteiger partial charge in [0.15, 0.2) is 0 Å². The minimum atomic E-state index is 0.0581. The molecular formula is C18H33N3O2. The molecule has 0 radical (unpaired) electrons. The van der Waals surface area contributed by atoms with Crippen LogP contribution in [0.25, 0.3) is 0 Å². The zero-order valence-corrected chi connectivity index (χ0v) is 14.9. The van der Waals surface area contributed by atoms with Crippen molar-refractivity contribution in [1.29, 1.82) is 0 Å². The number of hydrogen-bond acceptors (Lipinski definition) is 3. The Labute approximate surface area is 140 Å². The number of likely N-dealkylation sites (N-methyl/N-ethyl adjacent to an activating group) is 1. The van der Waals surface area contributed by atoms with Crippen LogP contribution in [0.3, 0.4) is 0 Å². The molecule has 2 saturated heterocycles. The SMILES string of the molecule is CN(C)C1CCCN(C(=O)NC2CCOC3(CCCCC3)C2)C1. The van der Waals surface area contributed by atoms with E-state index in [2.05, 4.69) is 24.3 Å². The van der Waals surface area contributed by atoms with Crippen LogP contribution in [0.1, 0.15) is 57.8 Å². The first-order chi connectivity index (χ1) is 11.1. The summed E-state index contributed by atoms with van der Waals surface area (Å²) in [6, 6.07) is 0.914. The monoisotopic (exact) mass is 323 g/mol. The molecule has 0 bridgehead atoms. The molecule has 5 heteroatoms. The summed E-state index contributed by atoms with van der Waals surface area (Å²) in [5, 5.41) is 3.31. The quantitative estimate of drug-likeness (QED) is 0.849. The third-order valence-corrected chi connectivity index (χ3v) is 6.00. The molecule has 1 saturated carbocycles. The molecule has 5 nitrogen and oxygen atoms in total. The van der Waals surface area contributed by atoms with Crippen molar-refractivity contribution >= 4 is 6.03 Å². The molecule has 1 aliphatic carbocycles. The summed E-state index contributed by atoms with van der Waals surface area (Å²) < 4.78 is 6.14. The highest BCUT2D eigenvalue weighted by Crippen LogP contribution is 2.38. The maximum atomic E-state index is 12.7. The van der Waals surface area contributed by atoms with Crippen molar-refractivity contribution in [1.82, 2.24) is 15.1 Å². The number of likely N-dealkylation sites (tertiary alicyclic amines) is 1. The largest absolute Gasteiger partial charge is 0.375 e. The van der Waals surface area contributed by atoms with Crippen LogP contribution in [0.4, 0.5) is 4.79 Å². The predicted octanol–water partition coefficient (Wildman–Crippen LogP) is 2.60. The zero-order valence-electron chi connectivity index (χ0n) is 14.9. The lowest BCUT2D eigenvalue weighted by molar-refractivity contribution is -0.108. The van der Waals surface area contributed by atoms with Gasteiger partial charge in [0.25, 0.3) is 0 Å². The van der Waals surface area contributed by atoms with E-state index < -0.39 is 0 Å². The lowest BCUT2D eigenvalue weighted by Crippen LogP contribution is -2.55. The molecule has 2 aliphatic heterocycles. The normalized spacial score (nSPS) is 31.3. The highest BCUT2D eigenvalue weighted by Gasteiger charge is 2.39. The Morgan fingerprint density at radius 1 is 1.17 bits per heavy atom. The number of amides is 2. The van der Waals surface area contributed by atoms with Gasteiger partial charge in [-0.05, 0) is 52.6 Å². The van der Waals surface area contributed by atoms with Crippen LogP contribution in [-0.4, -0.2) is 67.3 Å². The fourth-order valence-corrected chi connectivity index (χ4v) is 4.52. The standard InChI is InChI=1S/C18H33N3O2/c1-20(2)16-7-6-11-21(14-16)17(22)19-15-8-12-23-18(13-15)9-4-3-5-10-18/h15-16H,3-14H2,1-2H3,(H,19,22). The number of nitrogens with zero attached hydrogens (tertiary/aromatic N) is 2. The zero-order chi connectivity index (χ0) is 16.3. The van der Waals surface area contributed by atoms with Gasteiger partial charge in [-0.2, -0.15) is 0 Å². The topological polar surface area (TPSA) is 44.8 Å². The second-order valence-corrected chi connectivity index (χ2v) is 7.94. The molecule has 132 valence electrons. The van der Waals surface area contributed by atoms with E-state index in [4.69, 9.17) is 4.74 Å². The number of carbonyl (C=O) groups is 1. The third kappa shape index (κ3) is 4.18. The van der Waals surface area contributed by atoms with Crippen molar-refractivity contribution < 1.29 is 9.53 Å². The molecule has 3 fully saturated rings. The van der Waals surface area contributed by atoms with E-state index in [1.165, 1.54) is 38.5 Å². The van der Waals surface area contributed by atoms with E-state index >= 15 is 0 Å². The number of nitrogens with one attached hydrogen (secondary N) is 1. The highest BCUT2D eigenvalue weighted by molar-refractivity contribution is 5.74. The maximum Gasteiger partial charge on any atom is 0.317 e. The van der Waals surface area contributed by atoms with Gasteiger partial charge in [-0.1, -0.05) is 19.3 Å². The Balaban J connectivity index is 1.53. The third-order valence-electron chi connectivity index (χ3n) is 6.00. The van der Waals surface area contributed by atoms with Crippen LogP contribution in [0, 0.1) is 0 Å². The van der Waals surface area contributed by atoms with Crippen LogP contribution in [-0.2, 0) is 4.74 Å². The number of hydrogen-bond donors (Lipinski definition) is 1. The van der Waals surface area contributed by atoms with Crippen molar-refractivity contribution in [3.8, 4) is 0 Å². The Morgan fingerprint density at radius 2 is 1.96 bits per heavy atom. The van der Waals surface area contributed by atoms with E-state index in [0.29, 0.717) is 6.04 Å². The predicted molar refractivity (Wildman–Crippen MR) is 91.6 cm³/mol. The molecule has 2 atom stereocenters. The molecule has 1 spiro atoms. The van der Waals surface area contributed by atoms with Gasteiger partial charge in [0.1, 0.15) is 0 Å². The molecule has 0 aromatic carbocycles. The van der Waals surface area contributed by atoms with Crippen LogP contribution in [0.2, 0.25) is 0 Å². The average Bonchev–Trinajstić information content (AvgIpc) is 2.55. The fourth-order valence-electron chi connectivity index (χ4n) is 4.52. The molecular weight excluding hydrogens is 290 g/mol. The van der Waals surface area contributed by atoms with Crippen molar-refractivity contribution in [3.05, 3.63) is 0 Å². The summed E-state index contributed by atoms with van der Waals surface area (Å²) in [4.78, 5) is 16.9. The van der Waals surface area contributed by atoms with Crippen molar-refractivity contribution in [2.45, 2.75) is 75.5 Å². The van der Waals surface area contributed by atoms with E-state index in [9.17, 15) is 4.79 Å². The summed E-state index contributed by atoms with van der Waals surface area (Å²) in [6.07, 6.45) is 10.5. The molecule has 23 heavy (non-hydrogen) atoms. The lowest BCUT2D eigenvalue weighted by Gasteiger charge is -2.44. The Hall–Kier alpha value is -0.810.